The van der Waals surface area contributed by atoms with Crippen molar-refractivity contribution in [1.29, 1.82) is 0 Å². The zero-order chi connectivity index (χ0) is 14.7. The second-order valence-electron chi connectivity index (χ2n) is 4.41. The van der Waals surface area contributed by atoms with E-state index in [1.807, 2.05) is 13.8 Å². The molecule has 0 heterocycles. The lowest BCUT2D eigenvalue weighted by Gasteiger charge is -2.15. The van der Waals surface area contributed by atoms with Crippen LogP contribution >= 0.6 is 11.8 Å². The van der Waals surface area contributed by atoms with E-state index in [1.165, 1.54) is 11.8 Å². The molecule has 0 saturated heterocycles. The average Bonchev–Trinajstić information content (AvgIpc) is 2.34. The second-order valence-corrected chi connectivity index (χ2v) is 5.81. The fourth-order valence-corrected chi connectivity index (χ4v) is 2.43. The summed E-state index contributed by atoms with van der Waals surface area (Å²) in [6.45, 7) is 4.25. The van der Waals surface area contributed by atoms with Crippen LogP contribution in [0.5, 0.6) is 0 Å². The predicted molar refractivity (Wildman–Crippen MR) is 72.3 cm³/mol. The van der Waals surface area contributed by atoms with Crippen molar-refractivity contribution >= 4 is 17.7 Å². The summed E-state index contributed by atoms with van der Waals surface area (Å²) in [7, 11) is 0. The normalized spacial score (nSPS) is 13.3. The van der Waals surface area contributed by atoms with Crippen LogP contribution in [0.25, 0.3) is 0 Å². The van der Waals surface area contributed by atoms with Gasteiger partial charge in [-0.1, -0.05) is 20.3 Å². The molecule has 114 valence electrons. The molecule has 0 radical (unpaired) electrons. The third-order valence-corrected chi connectivity index (χ3v) is 4.04. The Bertz CT molecular complexity index is 245. The molecule has 0 spiro atoms. The minimum absolute atomic E-state index is 0.0961. The summed E-state index contributed by atoms with van der Waals surface area (Å²) < 4.78 is 41.0. The number of ether oxygens (including phenoxy) is 1. The van der Waals surface area contributed by atoms with E-state index in [0.29, 0.717) is 18.8 Å². The maximum atomic E-state index is 12.0. The lowest BCUT2D eigenvalue weighted by atomic mass is 10.2. The number of halogens is 3. The van der Waals surface area contributed by atoms with Crippen molar-refractivity contribution in [2.45, 2.75) is 63.8 Å². The molecule has 0 saturated carbocycles. The first-order valence-corrected chi connectivity index (χ1v) is 7.77. The van der Waals surface area contributed by atoms with Crippen LogP contribution in [0.1, 0.15) is 52.4 Å². The summed E-state index contributed by atoms with van der Waals surface area (Å²) in [5.74, 6) is 0.237. The number of unbranched alkanes of at least 4 members (excludes halogenated alkanes) is 1. The summed E-state index contributed by atoms with van der Waals surface area (Å²) in [5.41, 5.74) is 0. The van der Waals surface area contributed by atoms with E-state index in [0.717, 1.165) is 19.3 Å². The van der Waals surface area contributed by atoms with Crippen LogP contribution in [-0.2, 0) is 9.53 Å². The largest absolute Gasteiger partial charge is 0.464 e. The first kappa shape index (κ1) is 18.6. The highest BCUT2D eigenvalue weighted by atomic mass is 32.2. The maximum Gasteiger partial charge on any atom is 0.389 e. The SMILES string of the molecule is CCCCC(=O)OCC(CC)SCCCC(F)(F)F. The fraction of sp³-hybridized carbons (Fsp3) is 0.923. The Morgan fingerprint density at radius 3 is 2.47 bits per heavy atom. The number of rotatable bonds is 10. The average molecular weight is 300 g/mol. The Hall–Kier alpha value is -0.390. The number of carbonyl (C=O) groups is 1. The molecule has 2 nitrogen and oxygen atoms in total. The summed E-state index contributed by atoms with van der Waals surface area (Å²) in [5, 5.41) is 0.0961. The Morgan fingerprint density at radius 2 is 1.95 bits per heavy atom. The molecule has 0 aromatic rings. The van der Waals surface area contributed by atoms with Crippen molar-refractivity contribution in [3.63, 3.8) is 0 Å². The quantitative estimate of drug-likeness (QED) is 0.436. The van der Waals surface area contributed by atoms with Gasteiger partial charge in [0.25, 0.3) is 0 Å². The van der Waals surface area contributed by atoms with Crippen molar-refractivity contribution < 1.29 is 22.7 Å². The van der Waals surface area contributed by atoms with Gasteiger partial charge < -0.3 is 4.74 Å². The monoisotopic (exact) mass is 300 g/mol. The van der Waals surface area contributed by atoms with Crippen LogP contribution in [0.2, 0.25) is 0 Å². The minimum Gasteiger partial charge on any atom is -0.464 e. The molecule has 6 heteroatoms. The van der Waals surface area contributed by atoms with E-state index in [1.54, 1.807) is 0 Å². The van der Waals surface area contributed by atoms with Crippen molar-refractivity contribution in [3.8, 4) is 0 Å². The molecule has 0 aliphatic carbocycles. The highest BCUT2D eigenvalue weighted by Crippen LogP contribution is 2.24. The molecular weight excluding hydrogens is 277 g/mol. The molecule has 0 aliphatic heterocycles. The van der Waals surface area contributed by atoms with Gasteiger partial charge in [0.1, 0.15) is 6.61 Å². The minimum atomic E-state index is -4.07. The Balaban J connectivity index is 3.68. The number of alkyl halides is 3. The first-order valence-electron chi connectivity index (χ1n) is 6.73. The Kier molecular flexibility index (Phi) is 10.2. The van der Waals surface area contributed by atoms with E-state index in [2.05, 4.69) is 0 Å². The van der Waals surface area contributed by atoms with Crippen LogP contribution < -0.4 is 0 Å². The highest BCUT2D eigenvalue weighted by Gasteiger charge is 2.26. The molecule has 1 atom stereocenters. The van der Waals surface area contributed by atoms with Crippen LogP contribution in [0.4, 0.5) is 13.2 Å². The van der Waals surface area contributed by atoms with Gasteiger partial charge >= 0.3 is 12.1 Å². The predicted octanol–water partition coefficient (Wildman–Crippen LogP) is 4.57. The van der Waals surface area contributed by atoms with E-state index in [4.69, 9.17) is 4.74 Å². The maximum absolute atomic E-state index is 12.0. The van der Waals surface area contributed by atoms with Gasteiger partial charge in [-0.15, -0.1) is 0 Å². The van der Waals surface area contributed by atoms with Crippen LogP contribution in [-0.4, -0.2) is 29.8 Å². The van der Waals surface area contributed by atoms with Crippen molar-refractivity contribution in [1.82, 2.24) is 0 Å². The van der Waals surface area contributed by atoms with Crippen molar-refractivity contribution in [3.05, 3.63) is 0 Å². The van der Waals surface area contributed by atoms with Gasteiger partial charge in [0.2, 0.25) is 0 Å². The first-order chi connectivity index (χ1) is 8.89. The second kappa shape index (κ2) is 10.4. The topological polar surface area (TPSA) is 26.3 Å². The number of hydrogen-bond donors (Lipinski definition) is 0. The number of hydrogen-bond acceptors (Lipinski definition) is 3. The molecule has 0 rings (SSSR count). The molecule has 0 amide bonds. The standard InChI is InChI=1S/C13H23F3O2S/c1-3-5-7-12(17)18-10-11(4-2)19-9-6-8-13(14,15)16/h11H,3-10H2,1-2H3. The van der Waals surface area contributed by atoms with Gasteiger partial charge in [0.05, 0.1) is 0 Å². The Morgan fingerprint density at radius 1 is 1.26 bits per heavy atom. The molecule has 1 unspecified atom stereocenters. The smallest absolute Gasteiger partial charge is 0.389 e. The van der Waals surface area contributed by atoms with Crippen LogP contribution in [0.15, 0.2) is 0 Å². The highest BCUT2D eigenvalue weighted by molar-refractivity contribution is 7.99. The molecular formula is C13H23F3O2S. The van der Waals surface area contributed by atoms with Crippen LogP contribution in [0, 0.1) is 0 Å². The van der Waals surface area contributed by atoms with Gasteiger partial charge in [-0.25, -0.2) is 0 Å². The number of thioether (sulfide) groups is 1. The van der Waals surface area contributed by atoms with Gasteiger partial charge in [0.15, 0.2) is 0 Å². The van der Waals surface area contributed by atoms with Crippen LogP contribution in [0.3, 0.4) is 0 Å². The molecule has 19 heavy (non-hydrogen) atoms. The zero-order valence-electron chi connectivity index (χ0n) is 11.6. The summed E-state index contributed by atoms with van der Waals surface area (Å²) in [6, 6.07) is 0. The van der Waals surface area contributed by atoms with Crippen molar-refractivity contribution in [2.24, 2.45) is 0 Å². The number of esters is 1. The van der Waals surface area contributed by atoms with E-state index in [9.17, 15) is 18.0 Å². The van der Waals surface area contributed by atoms with Crippen molar-refractivity contribution in [2.75, 3.05) is 12.4 Å². The molecule has 0 aromatic carbocycles. The Labute approximate surface area is 117 Å². The molecule has 0 aliphatic rings. The summed E-state index contributed by atoms with van der Waals surface area (Å²) in [6.07, 6.45) is -1.73. The zero-order valence-corrected chi connectivity index (χ0v) is 12.4. The fourth-order valence-electron chi connectivity index (χ4n) is 1.39. The molecule has 0 N–H and O–H groups in total. The van der Waals surface area contributed by atoms with E-state index >= 15 is 0 Å². The van der Waals surface area contributed by atoms with E-state index < -0.39 is 12.6 Å². The van der Waals surface area contributed by atoms with E-state index in [-0.39, 0.29) is 17.6 Å². The van der Waals surface area contributed by atoms with Gasteiger partial charge in [-0.3, -0.25) is 4.79 Å². The molecule has 0 aromatic heterocycles. The number of carbonyl (C=O) groups excluding carboxylic acids is 1. The molecule has 0 bridgehead atoms. The third kappa shape index (κ3) is 12.4. The lowest BCUT2D eigenvalue weighted by Crippen LogP contribution is -2.16. The van der Waals surface area contributed by atoms with Gasteiger partial charge in [-0.2, -0.15) is 24.9 Å². The summed E-state index contributed by atoms with van der Waals surface area (Å²) in [4.78, 5) is 11.3. The lowest BCUT2D eigenvalue weighted by molar-refractivity contribution is -0.143. The summed E-state index contributed by atoms with van der Waals surface area (Å²) >= 11 is 1.45. The molecule has 0 fully saturated rings. The third-order valence-electron chi connectivity index (χ3n) is 2.58. The van der Waals surface area contributed by atoms with Gasteiger partial charge in [0, 0.05) is 18.1 Å². The van der Waals surface area contributed by atoms with Gasteiger partial charge in [-0.05, 0) is 25.0 Å².